The molecule has 0 spiro atoms. The summed E-state index contributed by atoms with van der Waals surface area (Å²) in [6, 6.07) is 3.15. The number of rotatable bonds is 4. The van der Waals surface area contributed by atoms with E-state index in [-0.39, 0.29) is 0 Å². The molecule has 0 fully saturated rings. The second kappa shape index (κ2) is 4.12. The van der Waals surface area contributed by atoms with Crippen molar-refractivity contribution in [3.05, 3.63) is 24.0 Å². The molecule has 14 heavy (non-hydrogen) atoms. The van der Waals surface area contributed by atoms with Gasteiger partial charge in [0.15, 0.2) is 0 Å². The molecule has 0 amide bonds. The standard InChI is InChI=1S/C8H14N2O3S/c1-14(12,13)10-6-2-3-7(10)8(11)4-5-9/h2-3,6,8,11H,4-5,9H2,1H3. The third-order valence-corrected chi connectivity index (χ3v) is 2.93. The van der Waals surface area contributed by atoms with E-state index in [0.29, 0.717) is 18.7 Å². The van der Waals surface area contributed by atoms with Crippen molar-refractivity contribution in [2.45, 2.75) is 12.5 Å². The van der Waals surface area contributed by atoms with Crippen molar-refractivity contribution in [1.29, 1.82) is 0 Å². The van der Waals surface area contributed by atoms with Gasteiger partial charge in [-0.05, 0) is 25.1 Å². The summed E-state index contributed by atoms with van der Waals surface area (Å²) in [5.41, 5.74) is 5.64. The highest BCUT2D eigenvalue weighted by molar-refractivity contribution is 7.89. The molecule has 1 aromatic rings. The Kier molecular flexibility index (Phi) is 3.30. The van der Waals surface area contributed by atoms with Crippen LogP contribution in [0.15, 0.2) is 18.3 Å². The summed E-state index contributed by atoms with van der Waals surface area (Å²) in [7, 11) is -3.34. The lowest BCUT2D eigenvalue weighted by molar-refractivity contribution is 0.164. The van der Waals surface area contributed by atoms with Crippen molar-refractivity contribution in [3.8, 4) is 0 Å². The largest absolute Gasteiger partial charge is 0.387 e. The molecule has 0 aromatic carbocycles. The lowest BCUT2D eigenvalue weighted by Gasteiger charge is -2.12. The summed E-state index contributed by atoms with van der Waals surface area (Å²) in [4.78, 5) is 0. The zero-order chi connectivity index (χ0) is 10.8. The molecule has 5 nitrogen and oxygen atoms in total. The van der Waals surface area contributed by atoms with E-state index in [1.54, 1.807) is 12.1 Å². The van der Waals surface area contributed by atoms with Gasteiger partial charge in [-0.25, -0.2) is 12.4 Å². The SMILES string of the molecule is CS(=O)(=O)n1cccc1C(O)CCN. The number of hydrogen-bond acceptors (Lipinski definition) is 4. The van der Waals surface area contributed by atoms with Crippen molar-refractivity contribution < 1.29 is 13.5 Å². The maximum absolute atomic E-state index is 11.2. The summed E-state index contributed by atoms with van der Waals surface area (Å²) in [5, 5.41) is 9.59. The Hall–Kier alpha value is -0.850. The minimum absolute atomic E-state index is 0.316. The summed E-state index contributed by atoms with van der Waals surface area (Å²) < 4.78 is 23.6. The first-order valence-corrected chi connectivity index (χ1v) is 6.07. The highest BCUT2D eigenvalue weighted by atomic mass is 32.2. The quantitative estimate of drug-likeness (QED) is 0.725. The van der Waals surface area contributed by atoms with Gasteiger partial charge in [0.2, 0.25) is 10.0 Å². The molecular formula is C8H14N2O3S. The van der Waals surface area contributed by atoms with Crippen LogP contribution in [0.3, 0.4) is 0 Å². The van der Waals surface area contributed by atoms with Crippen LogP contribution in [0.25, 0.3) is 0 Å². The number of nitrogens with zero attached hydrogens (tertiary/aromatic N) is 1. The van der Waals surface area contributed by atoms with Crippen LogP contribution in [0, 0.1) is 0 Å². The van der Waals surface area contributed by atoms with Gasteiger partial charge >= 0.3 is 0 Å². The Labute approximate surface area is 83.2 Å². The summed E-state index contributed by atoms with van der Waals surface area (Å²) in [6.45, 7) is 0.316. The number of hydrogen-bond donors (Lipinski definition) is 2. The van der Waals surface area contributed by atoms with Crippen molar-refractivity contribution in [1.82, 2.24) is 3.97 Å². The molecule has 0 aliphatic heterocycles. The van der Waals surface area contributed by atoms with E-state index in [4.69, 9.17) is 5.73 Å². The Balaban J connectivity index is 3.05. The van der Waals surface area contributed by atoms with Crippen molar-refractivity contribution in [2.75, 3.05) is 12.8 Å². The van der Waals surface area contributed by atoms with Crippen LogP contribution >= 0.6 is 0 Å². The van der Waals surface area contributed by atoms with Crippen LogP contribution in [0.5, 0.6) is 0 Å². The Morgan fingerprint density at radius 3 is 2.79 bits per heavy atom. The van der Waals surface area contributed by atoms with Crippen LogP contribution in [-0.2, 0) is 10.0 Å². The van der Waals surface area contributed by atoms with Crippen molar-refractivity contribution >= 4 is 10.0 Å². The third-order valence-electron chi connectivity index (χ3n) is 1.88. The van der Waals surface area contributed by atoms with Gasteiger partial charge in [0.05, 0.1) is 18.1 Å². The van der Waals surface area contributed by atoms with Crippen LogP contribution in [0.2, 0.25) is 0 Å². The van der Waals surface area contributed by atoms with E-state index < -0.39 is 16.1 Å². The van der Waals surface area contributed by atoms with Gasteiger partial charge < -0.3 is 10.8 Å². The average Bonchev–Trinajstić information content (AvgIpc) is 2.50. The molecule has 6 heteroatoms. The van der Waals surface area contributed by atoms with E-state index in [0.717, 1.165) is 10.2 Å². The van der Waals surface area contributed by atoms with E-state index in [9.17, 15) is 13.5 Å². The predicted octanol–water partition coefficient (Wildman–Crippen LogP) is -0.322. The van der Waals surface area contributed by atoms with Crippen LogP contribution in [0.1, 0.15) is 18.2 Å². The molecule has 0 radical (unpaired) electrons. The van der Waals surface area contributed by atoms with Crippen LogP contribution in [-0.4, -0.2) is 30.3 Å². The van der Waals surface area contributed by atoms with Gasteiger partial charge in [-0.1, -0.05) is 0 Å². The normalized spacial score (nSPS) is 14.2. The molecule has 80 valence electrons. The Morgan fingerprint density at radius 1 is 1.64 bits per heavy atom. The Morgan fingerprint density at radius 2 is 2.29 bits per heavy atom. The maximum Gasteiger partial charge on any atom is 0.235 e. The maximum atomic E-state index is 11.2. The molecule has 0 saturated carbocycles. The molecule has 1 aromatic heterocycles. The zero-order valence-corrected chi connectivity index (χ0v) is 8.74. The average molecular weight is 218 g/mol. The van der Waals surface area contributed by atoms with E-state index >= 15 is 0 Å². The topological polar surface area (TPSA) is 85.3 Å². The number of aromatic nitrogens is 1. The highest BCUT2D eigenvalue weighted by Crippen LogP contribution is 2.17. The summed E-state index contributed by atoms with van der Waals surface area (Å²) in [5.74, 6) is 0. The molecule has 0 aliphatic carbocycles. The fraction of sp³-hybridized carbons (Fsp3) is 0.500. The van der Waals surface area contributed by atoms with E-state index in [2.05, 4.69) is 0 Å². The molecular weight excluding hydrogens is 204 g/mol. The fourth-order valence-corrected chi connectivity index (χ4v) is 2.10. The summed E-state index contributed by atoms with van der Waals surface area (Å²) in [6.07, 6.45) is 2.01. The van der Waals surface area contributed by atoms with Crippen molar-refractivity contribution in [3.63, 3.8) is 0 Å². The van der Waals surface area contributed by atoms with E-state index in [1.165, 1.54) is 6.20 Å². The van der Waals surface area contributed by atoms with Gasteiger partial charge in [0.1, 0.15) is 0 Å². The fourth-order valence-electron chi connectivity index (χ4n) is 1.25. The van der Waals surface area contributed by atoms with Crippen LogP contribution in [0.4, 0.5) is 0 Å². The first-order valence-electron chi connectivity index (χ1n) is 4.22. The van der Waals surface area contributed by atoms with Crippen LogP contribution < -0.4 is 5.73 Å². The number of aliphatic hydroxyl groups excluding tert-OH is 1. The van der Waals surface area contributed by atoms with Gasteiger partial charge in [-0.15, -0.1) is 0 Å². The highest BCUT2D eigenvalue weighted by Gasteiger charge is 2.16. The third kappa shape index (κ3) is 2.34. The molecule has 1 rings (SSSR count). The second-order valence-corrected chi connectivity index (χ2v) is 4.94. The molecule has 1 unspecified atom stereocenters. The smallest absolute Gasteiger partial charge is 0.235 e. The molecule has 0 saturated heterocycles. The Bertz CT molecular complexity index is 396. The molecule has 0 bridgehead atoms. The minimum Gasteiger partial charge on any atom is -0.387 e. The lowest BCUT2D eigenvalue weighted by atomic mass is 10.2. The first-order chi connectivity index (χ1) is 6.46. The first kappa shape index (κ1) is 11.2. The van der Waals surface area contributed by atoms with Gasteiger partial charge in [0, 0.05) is 6.20 Å². The van der Waals surface area contributed by atoms with E-state index in [1.807, 2.05) is 0 Å². The molecule has 1 atom stereocenters. The zero-order valence-electron chi connectivity index (χ0n) is 7.92. The monoisotopic (exact) mass is 218 g/mol. The van der Waals surface area contributed by atoms with Gasteiger partial charge in [-0.3, -0.25) is 0 Å². The van der Waals surface area contributed by atoms with Crippen molar-refractivity contribution in [2.24, 2.45) is 5.73 Å². The second-order valence-electron chi connectivity index (χ2n) is 3.09. The minimum atomic E-state index is -3.34. The number of nitrogens with two attached hydrogens (primary N) is 1. The van der Waals surface area contributed by atoms with Gasteiger partial charge in [-0.2, -0.15) is 0 Å². The summed E-state index contributed by atoms with van der Waals surface area (Å²) >= 11 is 0. The lowest BCUT2D eigenvalue weighted by Crippen LogP contribution is -2.16. The van der Waals surface area contributed by atoms with Gasteiger partial charge in [0.25, 0.3) is 0 Å². The molecule has 3 N–H and O–H groups in total. The molecule has 0 aliphatic rings. The molecule has 1 heterocycles. The predicted molar refractivity (Wildman–Crippen MR) is 53.3 cm³/mol. The number of aliphatic hydroxyl groups is 1.